The van der Waals surface area contributed by atoms with Gasteiger partial charge in [-0.1, -0.05) is 11.6 Å². The van der Waals surface area contributed by atoms with Gasteiger partial charge in [-0.15, -0.1) is 22.0 Å². The molecule has 1 aromatic heterocycles. The van der Waals surface area contributed by atoms with Gasteiger partial charge in [0.15, 0.2) is 5.82 Å². The zero-order valence-corrected chi connectivity index (χ0v) is 16.8. The summed E-state index contributed by atoms with van der Waals surface area (Å²) in [5.74, 6) is 2.18. The molecule has 2 aromatic rings. The highest BCUT2D eigenvalue weighted by Gasteiger charge is 2.26. The number of piperidine rings is 1. The lowest BCUT2D eigenvalue weighted by molar-refractivity contribution is -0.125. The lowest BCUT2D eigenvalue weighted by atomic mass is 9.97. The summed E-state index contributed by atoms with van der Waals surface area (Å²) in [5.41, 5.74) is 0. The van der Waals surface area contributed by atoms with E-state index in [0.717, 1.165) is 40.9 Å². The molecule has 144 valence electrons. The number of methoxy groups -OCH3 is 1. The van der Waals surface area contributed by atoms with Gasteiger partial charge in [-0.25, -0.2) is 0 Å². The molecule has 1 fully saturated rings. The van der Waals surface area contributed by atoms with Gasteiger partial charge in [-0.05, 0) is 43.2 Å². The van der Waals surface area contributed by atoms with Gasteiger partial charge in [0.05, 0.1) is 13.0 Å². The van der Waals surface area contributed by atoms with Crippen LogP contribution in [0.2, 0.25) is 5.02 Å². The summed E-state index contributed by atoms with van der Waals surface area (Å²) in [5, 5.41) is 12.0. The standard InChI is InChI=1S/C19H23ClN4O2S/c1-26-18-9-8-17(22-23-18)24-11-2-3-14(13-24)19(25)21-10-12-27-16-6-4-15(20)5-7-16/h4-9,14H,2-3,10-13H2,1H3,(H,21,25)/t14-/m1/s1. The Morgan fingerprint density at radius 1 is 1.30 bits per heavy atom. The van der Waals surface area contributed by atoms with Crippen molar-refractivity contribution in [3.05, 3.63) is 41.4 Å². The van der Waals surface area contributed by atoms with Gasteiger partial charge in [0.25, 0.3) is 0 Å². The second-order valence-corrected chi connectivity index (χ2v) is 7.92. The van der Waals surface area contributed by atoms with Crippen molar-refractivity contribution in [3.8, 4) is 5.88 Å². The molecule has 0 radical (unpaired) electrons. The smallest absolute Gasteiger partial charge is 0.233 e. The fourth-order valence-corrected chi connectivity index (χ4v) is 3.90. The van der Waals surface area contributed by atoms with E-state index in [1.165, 1.54) is 0 Å². The Labute approximate surface area is 168 Å². The Bertz CT molecular complexity index is 742. The number of hydrogen-bond acceptors (Lipinski definition) is 6. The van der Waals surface area contributed by atoms with Crippen molar-refractivity contribution in [1.29, 1.82) is 0 Å². The zero-order chi connectivity index (χ0) is 19.1. The van der Waals surface area contributed by atoms with Crippen LogP contribution in [0.15, 0.2) is 41.3 Å². The molecular formula is C19H23ClN4O2S. The van der Waals surface area contributed by atoms with Crippen LogP contribution >= 0.6 is 23.4 Å². The fraction of sp³-hybridized carbons (Fsp3) is 0.421. The van der Waals surface area contributed by atoms with Crippen molar-refractivity contribution in [1.82, 2.24) is 15.5 Å². The van der Waals surface area contributed by atoms with Crippen molar-refractivity contribution >= 4 is 35.1 Å². The van der Waals surface area contributed by atoms with E-state index in [1.807, 2.05) is 30.3 Å². The molecule has 6 nitrogen and oxygen atoms in total. The van der Waals surface area contributed by atoms with Crippen LogP contribution < -0.4 is 15.0 Å². The first-order valence-corrected chi connectivity index (χ1v) is 10.3. The van der Waals surface area contributed by atoms with Crippen LogP contribution in [0.25, 0.3) is 0 Å². The van der Waals surface area contributed by atoms with E-state index < -0.39 is 0 Å². The predicted molar refractivity (Wildman–Crippen MR) is 109 cm³/mol. The van der Waals surface area contributed by atoms with E-state index in [0.29, 0.717) is 19.0 Å². The molecule has 1 aromatic carbocycles. The van der Waals surface area contributed by atoms with E-state index in [4.69, 9.17) is 16.3 Å². The first kappa shape index (κ1) is 19.8. The molecule has 1 aliphatic heterocycles. The summed E-state index contributed by atoms with van der Waals surface area (Å²) in [4.78, 5) is 15.8. The third kappa shape index (κ3) is 5.74. The van der Waals surface area contributed by atoms with Crippen LogP contribution in [0.1, 0.15) is 12.8 Å². The number of ether oxygens (including phenoxy) is 1. The lowest BCUT2D eigenvalue weighted by Gasteiger charge is -2.32. The summed E-state index contributed by atoms with van der Waals surface area (Å²) < 4.78 is 5.04. The molecule has 1 saturated heterocycles. The van der Waals surface area contributed by atoms with Crippen LogP contribution in [0, 0.1) is 5.92 Å². The molecule has 0 bridgehead atoms. The molecule has 8 heteroatoms. The average Bonchev–Trinajstić information content (AvgIpc) is 2.72. The molecule has 1 atom stereocenters. The monoisotopic (exact) mass is 406 g/mol. The molecule has 0 spiro atoms. The average molecular weight is 407 g/mol. The molecular weight excluding hydrogens is 384 g/mol. The van der Waals surface area contributed by atoms with Crippen LogP contribution in [0.3, 0.4) is 0 Å². The van der Waals surface area contributed by atoms with Crippen molar-refractivity contribution in [2.45, 2.75) is 17.7 Å². The highest BCUT2D eigenvalue weighted by Crippen LogP contribution is 2.23. The summed E-state index contributed by atoms with van der Waals surface area (Å²) in [6.45, 7) is 2.19. The number of thioether (sulfide) groups is 1. The molecule has 1 aliphatic rings. The number of amides is 1. The number of benzene rings is 1. The summed E-state index contributed by atoms with van der Waals surface area (Å²) in [7, 11) is 1.57. The maximum Gasteiger partial charge on any atom is 0.233 e. The molecule has 1 N–H and O–H groups in total. The number of nitrogens with zero attached hydrogens (tertiary/aromatic N) is 3. The van der Waals surface area contributed by atoms with Crippen molar-refractivity contribution in [3.63, 3.8) is 0 Å². The highest BCUT2D eigenvalue weighted by atomic mass is 35.5. The third-order valence-corrected chi connectivity index (χ3v) is 5.70. The molecule has 3 rings (SSSR count). The number of rotatable bonds is 7. The van der Waals surface area contributed by atoms with E-state index >= 15 is 0 Å². The van der Waals surface area contributed by atoms with Crippen LogP contribution in [-0.4, -0.2) is 48.6 Å². The second kappa shape index (κ2) is 9.80. The minimum Gasteiger partial charge on any atom is -0.480 e. The maximum absolute atomic E-state index is 12.5. The Morgan fingerprint density at radius 2 is 2.11 bits per heavy atom. The van der Waals surface area contributed by atoms with Gasteiger partial charge in [0.1, 0.15) is 0 Å². The van der Waals surface area contributed by atoms with Crippen molar-refractivity contribution < 1.29 is 9.53 Å². The molecule has 0 unspecified atom stereocenters. The number of nitrogens with one attached hydrogen (secondary N) is 1. The van der Waals surface area contributed by atoms with Gasteiger partial charge in [0, 0.05) is 41.4 Å². The van der Waals surface area contributed by atoms with Gasteiger partial charge in [-0.3, -0.25) is 4.79 Å². The van der Waals surface area contributed by atoms with Gasteiger partial charge in [0.2, 0.25) is 11.8 Å². The predicted octanol–water partition coefficient (Wildman–Crippen LogP) is 3.26. The minimum atomic E-state index is -0.0248. The van der Waals surface area contributed by atoms with Crippen molar-refractivity contribution in [2.24, 2.45) is 5.92 Å². The van der Waals surface area contributed by atoms with E-state index in [-0.39, 0.29) is 11.8 Å². The number of carbonyl (C=O) groups is 1. The maximum atomic E-state index is 12.5. The lowest BCUT2D eigenvalue weighted by Crippen LogP contribution is -2.43. The van der Waals surface area contributed by atoms with Crippen LogP contribution in [0.4, 0.5) is 5.82 Å². The quantitative estimate of drug-likeness (QED) is 0.562. The summed E-state index contributed by atoms with van der Waals surface area (Å²) in [6, 6.07) is 11.4. The molecule has 0 saturated carbocycles. The zero-order valence-electron chi connectivity index (χ0n) is 15.2. The SMILES string of the molecule is COc1ccc(N2CCC[C@@H](C(=O)NCCSc3ccc(Cl)cc3)C2)nn1. The first-order valence-electron chi connectivity index (χ1n) is 8.94. The Balaban J connectivity index is 1.44. The molecule has 1 amide bonds. The second-order valence-electron chi connectivity index (χ2n) is 6.31. The normalized spacial score (nSPS) is 16.8. The Hall–Kier alpha value is -1.99. The highest BCUT2D eigenvalue weighted by molar-refractivity contribution is 7.99. The first-order chi connectivity index (χ1) is 13.2. The van der Waals surface area contributed by atoms with Crippen molar-refractivity contribution in [2.75, 3.05) is 37.4 Å². The van der Waals surface area contributed by atoms with E-state index in [9.17, 15) is 4.79 Å². The summed E-state index contributed by atoms with van der Waals surface area (Å²) >= 11 is 7.59. The molecule has 2 heterocycles. The Morgan fingerprint density at radius 3 is 2.81 bits per heavy atom. The van der Waals surface area contributed by atoms with Crippen LogP contribution in [-0.2, 0) is 4.79 Å². The third-order valence-electron chi connectivity index (χ3n) is 4.43. The Kier molecular flexibility index (Phi) is 7.18. The summed E-state index contributed by atoms with van der Waals surface area (Å²) in [6.07, 6.45) is 1.86. The number of anilines is 1. The largest absolute Gasteiger partial charge is 0.480 e. The number of halogens is 1. The topological polar surface area (TPSA) is 67.3 Å². The van der Waals surface area contributed by atoms with Gasteiger partial charge < -0.3 is 15.0 Å². The van der Waals surface area contributed by atoms with Crippen LogP contribution in [0.5, 0.6) is 5.88 Å². The number of aromatic nitrogens is 2. The van der Waals surface area contributed by atoms with E-state index in [2.05, 4.69) is 20.4 Å². The molecule has 27 heavy (non-hydrogen) atoms. The van der Waals surface area contributed by atoms with Gasteiger partial charge >= 0.3 is 0 Å². The van der Waals surface area contributed by atoms with Gasteiger partial charge in [-0.2, -0.15) is 0 Å². The fourth-order valence-electron chi connectivity index (χ4n) is 3.01. The number of carbonyl (C=O) groups excluding carboxylic acids is 1. The molecule has 0 aliphatic carbocycles. The number of hydrogen-bond donors (Lipinski definition) is 1. The van der Waals surface area contributed by atoms with E-state index in [1.54, 1.807) is 24.9 Å². The minimum absolute atomic E-state index is 0.0248.